The van der Waals surface area contributed by atoms with Crippen LogP contribution in [0.2, 0.25) is 0 Å². The van der Waals surface area contributed by atoms with Gasteiger partial charge in [0.2, 0.25) is 10.0 Å². The van der Waals surface area contributed by atoms with E-state index in [1.165, 1.54) is 0 Å². The van der Waals surface area contributed by atoms with E-state index in [0.29, 0.717) is 18.8 Å². The zero-order valence-electron chi connectivity index (χ0n) is 13.2. The minimum absolute atomic E-state index is 0.0743. The zero-order chi connectivity index (χ0) is 17.0. The van der Waals surface area contributed by atoms with Gasteiger partial charge in [0.1, 0.15) is 10.6 Å². The molecule has 0 spiro atoms. The Kier molecular flexibility index (Phi) is 5.43. The highest BCUT2D eigenvalue weighted by Gasteiger charge is 2.28. The number of aliphatic carboxylic acids is 1. The van der Waals surface area contributed by atoms with E-state index in [1.54, 1.807) is 44.2 Å². The van der Waals surface area contributed by atoms with Crippen LogP contribution in [0.15, 0.2) is 35.2 Å². The number of carboxylic acids is 1. The molecule has 2 rings (SSSR count). The largest absolute Gasteiger partial charge is 0.492 e. The van der Waals surface area contributed by atoms with E-state index in [0.717, 1.165) is 5.56 Å². The molecule has 1 aliphatic rings. The smallest absolute Gasteiger partial charge is 0.306 e. The van der Waals surface area contributed by atoms with Crippen LogP contribution in [0.4, 0.5) is 0 Å². The van der Waals surface area contributed by atoms with Crippen LogP contribution in [0, 0.1) is 12.8 Å². The summed E-state index contributed by atoms with van der Waals surface area (Å²) >= 11 is 0. The Hall–Kier alpha value is -1.86. The first kappa shape index (κ1) is 17.5. The molecule has 0 saturated carbocycles. The summed E-state index contributed by atoms with van der Waals surface area (Å²) in [6.45, 7) is 3.94. The van der Waals surface area contributed by atoms with Crippen LogP contribution in [-0.2, 0) is 14.8 Å². The molecule has 126 valence electrons. The maximum absolute atomic E-state index is 12.7. The number of carbonyl (C=O) groups is 1. The summed E-state index contributed by atoms with van der Waals surface area (Å²) in [7, 11) is -3.80. The number of aryl methyl sites for hydroxylation is 1. The molecule has 0 heterocycles. The highest BCUT2D eigenvalue weighted by atomic mass is 32.2. The minimum Gasteiger partial charge on any atom is -0.492 e. The maximum Gasteiger partial charge on any atom is 0.306 e. The standard InChI is InChI=1S/C16H21NO5S/c1-3-22-14-8-7-11(2)9-15(14)23(20,21)17-13-6-4-5-12(10-13)16(18)19/h4,6-9,12-13,17H,3,5,10H2,1-2H3,(H,18,19)/t12-,13-/m0/s1. The normalized spacial score (nSPS) is 21.1. The molecular formula is C16H21NO5S. The van der Waals surface area contributed by atoms with Crippen molar-refractivity contribution in [3.8, 4) is 5.75 Å². The Labute approximate surface area is 136 Å². The average molecular weight is 339 g/mol. The second-order valence-electron chi connectivity index (χ2n) is 5.55. The molecule has 0 radical (unpaired) electrons. The summed E-state index contributed by atoms with van der Waals surface area (Å²) in [4.78, 5) is 11.2. The fraction of sp³-hybridized carbons (Fsp3) is 0.438. The van der Waals surface area contributed by atoms with Crippen LogP contribution in [0.3, 0.4) is 0 Å². The van der Waals surface area contributed by atoms with Crippen molar-refractivity contribution in [3.63, 3.8) is 0 Å². The van der Waals surface area contributed by atoms with E-state index in [2.05, 4.69) is 4.72 Å². The third kappa shape index (κ3) is 4.33. The zero-order valence-corrected chi connectivity index (χ0v) is 14.0. The van der Waals surface area contributed by atoms with Gasteiger partial charge >= 0.3 is 5.97 Å². The van der Waals surface area contributed by atoms with Crippen molar-refractivity contribution in [2.45, 2.75) is 37.6 Å². The van der Waals surface area contributed by atoms with Crippen LogP contribution >= 0.6 is 0 Å². The molecule has 1 aromatic carbocycles. The Morgan fingerprint density at radius 3 is 2.83 bits per heavy atom. The molecule has 0 bridgehead atoms. The van der Waals surface area contributed by atoms with E-state index in [1.807, 2.05) is 0 Å². The molecule has 23 heavy (non-hydrogen) atoms. The van der Waals surface area contributed by atoms with E-state index in [4.69, 9.17) is 9.84 Å². The molecule has 0 aliphatic heterocycles. The number of hydrogen-bond donors (Lipinski definition) is 2. The number of allylic oxidation sites excluding steroid dienone is 1. The monoisotopic (exact) mass is 339 g/mol. The fourth-order valence-electron chi connectivity index (χ4n) is 2.54. The molecule has 2 N–H and O–H groups in total. The van der Waals surface area contributed by atoms with Gasteiger partial charge in [-0.3, -0.25) is 4.79 Å². The molecule has 0 aromatic heterocycles. The first-order valence-electron chi connectivity index (χ1n) is 7.48. The lowest BCUT2D eigenvalue weighted by atomic mass is 9.92. The Balaban J connectivity index is 2.25. The van der Waals surface area contributed by atoms with Gasteiger partial charge < -0.3 is 9.84 Å². The first-order valence-corrected chi connectivity index (χ1v) is 8.97. The van der Waals surface area contributed by atoms with Gasteiger partial charge in [-0.15, -0.1) is 0 Å². The van der Waals surface area contributed by atoms with Gasteiger partial charge in [-0.2, -0.15) is 0 Å². The lowest BCUT2D eigenvalue weighted by Gasteiger charge is -2.23. The third-order valence-electron chi connectivity index (χ3n) is 3.67. The van der Waals surface area contributed by atoms with Crippen molar-refractivity contribution in [2.24, 2.45) is 5.92 Å². The summed E-state index contributed by atoms with van der Waals surface area (Å²) in [5.74, 6) is -1.19. The fourth-order valence-corrected chi connectivity index (χ4v) is 3.97. The third-order valence-corrected chi connectivity index (χ3v) is 5.18. The average Bonchev–Trinajstić information content (AvgIpc) is 2.49. The molecule has 7 heteroatoms. The van der Waals surface area contributed by atoms with E-state index in [-0.39, 0.29) is 11.3 Å². The Bertz CT molecular complexity index is 711. The van der Waals surface area contributed by atoms with Crippen molar-refractivity contribution < 1.29 is 23.1 Å². The maximum atomic E-state index is 12.7. The molecule has 1 aliphatic carbocycles. The molecule has 0 unspecified atom stereocenters. The number of carboxylic acid groups (broad SMARTS) is 1. The SMILES string of the molecule is CCOc1ccc(C)cc1S(=O)(=O)N[C@H]1C=CC[C@H](C(=O)O)C1. The van der Waals surface area contributed by atoms with Crippen LogP contribution in [-0.4, -0.2) is 32.1 Å². The van der Waals surface area contributed by atoms with Gasteiger partial charge in [0, 0.05) is 6.04 Å². The second kappa shape index (κ2) is 7.14. The van der Waals surface area contributed by atoms with Crippen LogP contribution < -0.4 is 9.46 Å². The summed E-state index contributed by atoms with van der Waals surface area (Å²) < 4.78 is 33.3. The van der Waals surface area contributed by atoms with Crippen molar-refractivity contribution in [2.75, 3.05) is 6.61 Å². The molecule has 0 fully saturated rings. The Morgan fingerprint density at radius 1 is 1.43 bits per heavy atom. The van der Waals surface area contributed by atoms with E-state index < -0.39 is 28.0 Å². The quantitative estimate of drug-likeness (QED) is 0.774. The first-order chi connectivity index (χ1) is 10.8. The summed E-state index contributed by atoms with van der Waals surface area (Å²) in [6.07, 6.45) is 4.06. The lowest BCUT2D eigenvalue weighted by molar-refractivity contribution is -0.142. The van der Waals surface area contributed by atoms with Crippen molar-refractivity contribution in [1.29, 1.82) is 0 Å². The molecule has 0 saturated heterocycles. The van der Waals surface area contributed by atoms with E-state index >= 15 is 0 Å². The number of hydrogen-bond acceptors (Lipinski definition) is 4. The van der Waals surface area contributed by atoms with Gasteiger partial charge in [-0.1, -0.05) is 18.2 Å². The van der Waals surface area contributed by atoms with Crippen molar-refractivity contribution in [3.05, 3.63) is 35.9 Å². The lowest BCUT2D eigenvalue weighted by Crippen LogP contribution is -2.37. The molecule has 6 nitrogen and oxygen atoms in total. The molecular weight excluding hydrogens is 318 g/mol. The second-order valence-corrected chi connectivity index (χ2v) is 7.23. The number of sulfonamides is 1. The molecule has 2 atom stereocenters. The van der Waals surface area contributed by atoms with Crippen molar-refractivity contribution in [1.82, 2.24) is 4.72 Å². The van der Waals surface area contributed by atoms with Gasteiger partial charge in [0.25, 0.3) is 0 Å². The number of rotatable bonds is 6. The highest BCUT2D eigenvalue weighted by molar-refractivity contribution is 7.89. The minimum atomic E-state index is -3.80. The van der Waals surface area contributed by atoms with Gasteiger partial charge in [0.05, 0.1) is 12.5 Å². The van der Waals surface area contributed by atoms with E-state index in [9.17, 15) is 13.2 Å². The predicted molar refractivity (Wildman–Crippen MR) is 86.0 cm³/mol. The van der Waals surface area contributed by atoms with Gasteiger partial charge in [-0.05, 0) is 44.4 Å². The topological polar surface area (TPSA) is 92.7 Å². The number of ether oxygens (including phenoxy) is 1. The van der Waals surface area contributed by atoms with Crippen molar-refractivity contribution >= 4 is 16.0 Å². The predicted octanol–water partition coefficient (Wildman–Crippen LogP) is 2.09. The number of benzene rings is 1. The summed E-state index contributed by atoms with van der Waals surface area (Å²) in [5, 5.41) is 9.09. The summed E-state index contributed by atoms with van der Waals surface area (Å²) in [5.41, 5.74) is 0.802. The number of nitrogens with one attached hydrogen (secondary N) is 1. The van der Waals surface area contributed by atoms with Gasteiger partial charge in [0.15, 0.2) is 0 Å². The van der Waals surface area contributed by atoms with Gasteiger partial charge in [-0.25, -0.2) is 13.1 Å². The Morgan fingerprint density at radius 2 is 2.17 bits per heavy atom. The summed E-state index contributed by atoms with van der Waals surface area (Å²) in [6, 6.07) is 4.42. The molecule has 0 amide bonds. The van der Waals surface area contributed by atoms with Crippen LogP contribution in [0.5, 0.6) is 5.75 Å². The van der Waals surface area contributed by atoms with Crippen LogP contribution in [0.1, 0.15) is 25.3 Å². The van der Waals surface area contributed by atoms with Crippen LogP contribution in [0.25, 0.3) is 0 Å². The highest BCUT2D eigenvalue weighted by Crippen LogP contribution is 2.27. The molecule has 1 aromatic rings.